The first kappa shape index (κ1) is 14.5. The van der Waals surface area contributed by atoms with Gasteiger partial charge in [0.05, 0.1) is 0 Å². The van der Waals surface area contributed by atoms with Gasteiger partial charge in [0.1, 0.15) is 0 Å². The fraction of sp³-hybridized carbons (Fsp3) is 0.643. The van der Waals surface area contributed by atoms with Crippen LogP contribution in [0.2, 0.25) is 0 Å². The van der Waals surface area contributed by atoms with Gasteiger partial charge in [0.25, 0.3) is 0 Å². The number of nitrogens with one attached hydrogen (secondary N) is 1. The third kappa shape index (κ3) is 6.69. The van der Waals surface area contributed by atoms with Gasteiger partial charge in [-0.2, -0.15) is 11.8 Å². The predicted octanol–water partition coefficient (Wildman–Crippen LogP) is 3.13. The summed E-state index contributed by atoms with van der Waals surface area (Å²) in [6.45, 7) is 7.84. The van der Waals surface area contributed by atoms with E-state index < -0.39 is 0 Å². The minimum atomic E-state index is 0.574. The third-order valence-corrected chi connectivity index (χ3v) is 3.81. The maximum atomic E-state index is 4.06. The van der Waals surface area contributed by atoms with Crippen LogP contribution in [0, 0.1) is 0 Å². The molecule has 1 atom stereocenters. The summed E-state index contributed by atoms with van der Waals surface area (Å²) in [6, 6.07) is 4.80. The Morgan fingerprint density at radius 2 is 2.00 bits per heavy atom. The molecular formula is C14H24N2S. The highest BCUT2D eigenvalue weighted by Gasteiger charge is 2.09. The van der Waals surface area contributed by atoms with Crippen LogP contribution in [0.5, 0.6) is 0 Å². The molecule has 0 bridgehead atoms. The molecule has 1 heterocycles. The molecule has 17 heavy (non-hydrogen) atoms. The van der Waals surface area contributed by atoms with Crippen LogP contribution in [0.15, 0.2) is 24.5 Å². The molecule has 2 nitrogen and oxygen atoms in total. The smallest absolute Gasteiger partial charge is 0.0270 e. The topological polar surface area (TPSA) is 24.9 Å². The summed E-state index contributed by atoms with van der Waals surface area (Å²) in [5, 5.41) is 4.34. The minimum absolute atomic E-state index is 0.574. The molecule has 0 aliphatic rings. The number of hydrogen-bond acceptors (Lipinski definition) is 3. The first-order chi connectivity index (χ1) is 8.22. The molecule has 96 valence electrons. The van der Waals surface area contributed by atoms with Crippen molar-refractivity contribution in [1.29, 1.82) is 0 Å². The first-order valence-electron chi connectivity index (χ1n) is 6.46. The maximum absolute atomic E-state index is 4.06. The van der Waals surface area contributed by atoms with Gasteiger partial charge in [-0.1, -0.05) is 20.8 Å². The van der Waals surface area contributed by atoms with E-state index in [1.165, 1.54) is 17.7 Å². The summed E-state index contributed by atoms with van der Waals surface area (Å²) in [5.74, 6) is 1.18. The van der Waals surface area contributed by atoms with Gasteiger partial charge in [0.2, 0.25) is 0 Å². The van der Waals surface area contributed by atoms with Gasteiger partial charge in [-0.3, -0.25) is 4.98 Å². The molecule has 0 fully saturated rings. The van der Waals surface area contributed by atoms with Crippen molar-refractivity contribution in [3.05, 3.63) is 30.1 Å². The van der Waals surface area contributed by atoms with Crippen LogP contribution < -0.4 is 5.32 Å². The van der Waals surface area contributed by atoms with E-state index in [4.69, 9.17) is 0 Å². The average molecular weight is 252 g/mol. The number of rotatable bonds is 8. The highest BCUT2D eigenvalue weighted by atomic mass is 32.2. The molecule has 0 saturated carbocycles. The van der Waals surface area contributed by atoms with E-state index in [0.29, 0.717) is 11.3 Å². The number of nitrogens with zero attached hydrogens (tertiary/aromatic N) is 1. The van der Waals surface area contributed by atoms with E-state index >= 15 is 0 Å². The van der Waals surface area contributed by atoms with Gasteiger partial charge in [-0.05, 0) is 42.3 Å². The molecular weight excluding hydrogens is 228 g/mol. The lowest BCUT2D eigenvalue weighted by Crippen LogP contribution is -2.34. The Balaban J connectivity index is 2.44. The quantitative estimate of drug-likeness (QED) is 0.769. The maximum Gasteiger partial charge on any atom is 0.0270 e. The summed E-state index contributed by atoms with van der Waals surface area (Å²) in [6.07, 6.45) is 6.05. The van der Waals surface area contributed by atoms with Crippen LogP contribution in [0.1, 0.15) is 32.8 Å². The lowest BCUT2D eigenvalue weighted by atomic mass is 10.1. The lowest BCUT2D eigenvalue weighted by Gasteiger charge is -2.19. The van der Waals surface area contributed by atoms with E-state index in [-0.39, 0.29) is 0 Å². The van der Waals surface area contributed by atoms with Crippen LogP contribution in [0.25, 0.3) is 0 Å². The molecule has 1 aromatic rings. The summed E-state index contributed by atoms with van der Waals surface area (Å²) < 4.78 is 0. The monoisotopic (exact) mass is 252 g/mol. The summed E-state index contributed by atoms with van der Waals surface area (Å²) in [4.78, 5) is 4.06. The fourth-order valence-electron chi connectivity index (χ4n) is 1.65. The molecule has 0 radical (unpaired) electrons. The summed E-state index contributed by atoms with van der Waals surface area (Å²) in [5.41, 5.74) is 1.37. The number of aromatic nitrogens is 1. The molecule has 1 aromatic heterocycles. The van der Waals surface area contributed by atoms with Gasteiger partial charge < -0.3 is 5.32 Å². The second kappa shape index (κ2) is 8.54. The van der Waals surface area contributed by atoms with Crippen LogP contribution in [0.4, 0.5) is 0 Å². The summed E-state index contributed by atoms with van der Waals surface area (Å²) in [7, 11) is 0. The number of hydrogen-bond donors (Lipinski definition) is 1. The van der Waals surface area contributed by atoms with Crippen molar-refractivity contribution in [2.75, 3.05) is 12.3 Å². The normalized spacial score (nSPS) is 12.9. The Morgan fingerprint density at radius 1 is 1.29 bits per heavy atom. The van der Waals surface area contributed by atoms with E-state index in [0.717, 1.165) is 13.0 Å². The highest BCUT2D eigenvalue weighted by Crippen LogP contribution is 2.13. The fourth-order valence-corrected chi connectivity index (χ4v) is 2.50. The van der Waals surface area contributed by atoms with E-state index in [2.05, 4.69) is 43.2 Å². The van der Waals surface area contributed by atoms with Crippen LogP contribution in [-0.2, 0) is 6.42 Å². The second-order valence-corrected chi connectivity index (χ2v) is 6.20. The van der Waals surface area contributed by atoms with Gasteiger partial charge in [0.15, 0.2) is 0 Å². The van der Waals surface area contributed by atoms with Crippen molar-refractivity contribution >= 4 is 11.8 Å². The van der Waals surface area contributed by atoms with Crippen LogP contribution in [0.3, 0.4) is 0 Å². The molecule has 1 unspecified atom stereocenters. The molecule has 3 heteroatoms. The van der Waals surface area contributed by atoms with E-state index in [9.17, 15) is 0 Å². The molecule has 0 aliphatic heterocycles. The Labute approximate surface area is 110 Å². The largest absolute Gasteiger partial charge is 0.313 e. The molecule has 1 N–H and O–H groups in total. The predicted molar refractivity (Wildman–Crippen MR) is 77.6 cm³/mol. The number of pyridine rings is 1. The molecule has 0 amide bonds. The highest BCUT2D eigenvalue weighted by molar-refractivity contribution is 7.99. The average Bonchev–Trinajstić information content (AvgIpc) is 2.34. The Morgan fingerprint density at radius 3 is 2.59 bits per heavy atom. The summed E-state index contributed by atoms with van der Waals surface area (Å²) >= 11 is 2.03. The van der Waals surface area contributed by atoms with Crippen molar-refractivity contribution in [2.45, 2.75) is 44.9 Å². The first-order valence-corrected chi connectivity index (χ1v) is 7.51. The second-order valence-electron chi connectivity index (χ2n) is 4.59. The van der Waals surface area contributed by atoms with E-state index in [1.807, 2.05) is 24.2 Å². The SMILES string of the molecule is CCCNC(CSC(C)C)Cc1ccncc1. The zero-order valence-corrected chi connectivity index (χ0v) is 12.0. The third-order valence-electron chi connectivity index (χ3n) is 2.55. The van der Waals surface area contributed by atoms with Crippen molar-refractivity contribution in [3.8, 4) is 0 Å². The Kier molecular flexibility index (Phi) is 7.29. The zero-order valence-electron chi connectivity index (χ0n) is 11.1. The van der Waals surface area contributed by atoms with Gasteiger partial charge in [-0.15, -0.1) is 0 Å². The lowest BCUT2D eigenvalue weighted by molar-refractivity contribution is 0.549. The zero-order chi connectivity index (χ0) is 12.5. The Hall–Kier alpha value is -0.540. The molecule has 0 aliphatic carbocycles. The van der Waals surface area contributed by atoms with Crippen LogP contribution >= 0.6 is 11.8 Å². The molecule has 0 saturated heterocycles. The van der Waals surface area contributed by atoms with Crippen molar-refractivity contribution in [2.24, 2.45) is 0 Å². The van der Waals surface area contributed by atoms with Crippen molar-refractivity contribution in [3.63, 3.8) is 0 Å². The van der Waals surface area contributed by atoms with Gasteiger partial charge >= 0.3 is 0 Å². The van der Waals surface area contributed by atoms with Gasteiger partial charge in [0, 0.05) is 24.2 Å². The molecule has 0 spiro atoms. The molecule has 1 rings (SSSR count). The standard InChI is InChI=1S/C14H24N2S/c1-4-7-16-14(11-17-12(2)3)10-13-5-8-15-9-6-13/h5-6,8-9,12,14,16H,4,7,10-11H2,1-3H3. The van der Waals surface area contributed by atoms with Gasteiger partial charge in [-0.25, -0.2) is 0 Å². The van der Waals surface area contributed by atoms with E-state index in [1.54, 1.807) is 0 Å². The minimum Gasteiger partial charge on any atom is -0.313 e. The van der Waals surface area contributed by atoms with Crippen molar-refractivity contribution < 1.29 is 0 Å². The number of thioether (sulfide) groups is 1. The van der Waals surface area contributed by atoms with Crippen LogP contribution in [-0.4, -0.2) is 28.6 Å². The molecule has 0 aromatic carbocycles. The van der Waals surface area contributed by atoms with Crippen molar-refractivity contribution in [1.82, 2.24) is 10.3 Å². The Bertz CT molecular complexity index is 288.